The zero-order valence-electron chi connectivity index (χ0n) is 13.5. The van der Waals surface area contributed by atoms with E-state index in [1.165, 1.54) is 5.56 Å². The van der Waals surface area contributed by atoms with Gasteiger partial charge in [0.05, 0.1) is 19.2 Å². The number of rotatable bonds is 3. The van der Waals surface area contributed by atoms with E-state index in [1.54, 1.807) is 7.11 Å². The van der Waals surface area contributed by atoms with Gasteiger partial charge in [0.1, 0.15) is 5.75 Å². The van der Waals surface area contributed by atoms with E-state index in [-0.39, 0.29) is 0 Å². The summed E-state index contributed by atoms with van der Waals surface area (Å²) in [5.74, 6) is 1.99. The molecule has 0 radical (unpaired) electrons. The van der Waals surface area contributed by atoms with Crippen molar-refractivity contribution in [1.29, 1.82) is 0 Å². The Morgan fingerprint density at radius 2 is 2.04 bits per heavy atom. The zero-order valence-corrected chi connectivity index (χ0v) is 13.5. The summed E-state index contributed by atoms with van der Waals surface area (Å²) in [5.41, 5.74) is 8.26. The summed E-state index contributed by atoms with van der Waals surface area (Å²) >= 11 is 0. The molecule has 0 amide bonds. The van der Waals surface area contributed by atoms with Crippen molar-refractivity contribution in [2.45, 2.75) is 24.8 Å². The number of piperidine rings is 1. The first kappa shape index (κ1) is 14.7. The monoisotopic (exact) mass is 313 g/mol. The largest absolute Gasteiger partial charge is 0.493 e. The van der Waals surface area contributed by atoms with Crippen LogP contribution in [0.3, 0.4) is 0 Å². The lowest BCUT2D eigenvalue weighted by Crippen LogP contribution is -2.41. The van der Waals surface area contributed by atoms with Crippen LogP contribution in [0.1, 0.15) is 24.3 Å². The summed E-state index contributed by atoms with van der Waals surface area (Å²) in [6, 6.07) is 8.48. The van der Waals surface area contributed by atoms with Gasteiger partial charge in [0, 0.05) is 35.5 Å². The molecular weight excluding hydrogens is 290 g/mol. The number of nitrogens with zero attached hydrogens (tertiary/aromatic N) is 2. The van der Waals surface area contributed by atoms with Crippen molar-refractivity contribution in [2.24, 2.45) is 5.73 Å². The van der Waals surface area contributed by atoms with Crippen LogP contribution in [0.25, 0.3) is 10.9 Å². The summed E-state index contributed by atoms with van der Waals surface area (Å²) < 4.78 is 11.2. The number of benzene rings is 1. The van der Waals surface area contributed by atoms with Crippen LogP contribution < -0.4 is 15.2 Å². The summed E-state index contributed by atoms with van der Waals surface area (Å²) in [4.78, 5) is 7.19. The molecule has 2 aromatic rings. The van der Waals surface area contributed by atoms with E-state index >= 15 is 0 Å². The summed E-state index contributed by atoms with van der Waals surface area (Å²) in [5, 5.41) is 1.14. The van der Waals surface area contributed by atoms with E-state index in [2.05, 4.69) is 28.1 Å². The number of pyridine rings is 1. The number of likely N-dealkylation sites (tertiary alicyclic amines) is 1. The van der Waals surface area contributed by atoms with Crippen LogP contribution >= 0.6 is 0 Å². The highest BCUT2D eigenvalue weighted by molar-refractivity contribution is 5.85. The molecule has 2 N–H and O–H groups in total. The van der Waals surface area contributed by atoms with Crippen LogP contribution in [0.2, 0.25) is 0 Å². The Hall–Kier alpha value is -1.85. The highest BCUT2D eigenvalue weighted by Crippen LogP contribution is 2.39. The highest BCUT2D eigenvalue weighted by Gasteiger charge is 2.30. The minimum Gasteiger partial charge on any atom is -0.493 e. The molecule has 0 aliphatic carbocycles. The maximum atomic E-state index is 6.01. The Morgan fingerprint density at radius 1 is 1.26 bits per heavy atom. The average molecular weight is 313 g/mol. The van der Waals surface area contributed by atoms with Gasteiger partial charge in [0.25, 0.3) is 0 Å². The van der Waals surface area contributed by atoms with Crippen LogP contribution in [0.4, 0.5) is 0 Å². The van der Waals surface area contributed by atoms with Crippen molar-refractivity contribution < 1.29 is 9.47 Å². The van der Waals surface area contributed by atoms with E-state index < -0.39 is 0 Å². The Balaban J connectivity index is 1.65. The molecule has 3 heterocycles. The number of aromatic nitrogens is 1. The van der Waals surface area contributed by atoms with Crippen molar-refractivity contribution in [3.63, 3.8) is 0 Å². The predicted octanol–water partition coefficient (Wildman–Crippen LogP) is 2.14. The van der Waals surface area contributed by atoms with Crippen molar-refractivity contribution in [2.75, 3.05) is 33.4 Å². The molecule has 1 atom stereocenters. The molecule has 4 rings (SSSR count). The third-order valence-corrected chi connectivity index (χ3v) is 5.00. The topological polar surface area (TPSA) is 60.6 Å². The third kappa shape index (κ3) is 2.75. The lowest BCUT2D eigenvalue weighted by Gasteiger charge is -2.31. The lowest BCUT2D eigenvalue weighted by molar-refractivity contribution is 0.190. The van der Waals surface area contributed by atoms with Crippen LogP contribution in [0.5, 0.6) is 11.6 Å². The standard InChI is InChI=1S/C18H23N3O2/c1-22-16-5-3-12-2-4-15-17(18(12)20-16)13(11-23-15)10-21-8-6-14(19)7-9-21/h2-5,13-14H,6-11,19H2,1H3. The van der Waals surface area contributed by atoms with E-state index in [0.717, 1.165) is 55.7 Å². The van der Waals surface area contributed by atoms with Gasteiger partial charge in [0.15, 0.2) is 0 Å². The lowest BCUT2D eigenvalue weighted by atomic mass is 9.96. The van der Waals surface area contributed by atoms with Crippen LogP contribution in [0, 0.1) is 0 Å². The molecule has 1 aromatic heterocycles. The van der Waals surface area contributed by atoms with Crippen LogP contribution in [-0.4, -0.2) is 49.3 Å². The molecule has 5 nitrogen and oxygen atoms in total. The molecule has 1 saturated heterocycles. The zero-order chi connectivity index (χ0) is 15.8. The van der Waals surface area contributed by atoms with Gasteiger partial charge in [-0.05, 0) is 44.1 Å². The number of hydrogen-bond acceptors (Lipinski definition) is 5. The van der Waals surface area contributed by atoms with E-state index in [9.17, 15) is 0 Å². The number of methoxy groups -OCH3 is 1. The van der Waals surface area contributed by atoms with Gasteiger partial charge in [-0.25, -0.2) is 4.98 Å². The van der Waals surface area contributed by atoms with E-state index in [1.807, 2.05) is 6.07 Å². The molecule has 0 saturated carbocycles. The first-order valence-corrected chi connectivity index (χ1v) is 8.33. The van der Waals surface area contributed by atoms with Gasteiger partial charge in [-0.1, -0.05) is 0 Å². The maximum absolute atomic E-state index is 6.01. The SMILES string of the molecule is COc1ccc2ccc3c(c2n1)C(CN1CCC(N)CC1)CO3. The molecule has 0 bridgehead atoms. The van der Waals surface area contributed by atoms with Crippen molar-refractivity contribution in [3.8, 4) is 11.6 Å². The van der Waals surface area contributed by atoms with Crippen molar-refractivity contribution in [3.05, 3.63) is 29.8 Å². The molecule has 2 aliphatic heterocycles. The summed E-state index contributed by atoms with van der Waals surface area (Å²) in [6.07, 6.45) is 2.17. The van der Waals surface area contributed by atoms with Gasteiger partial charge >= 0.3 is 0 Å². The quantitative estimate of drug-likeness (QED) is 0.941. The fourth-order valence-corrected chi connectivity index (χ4v) is 3.67. The molecule has 1 aromatic carbocycles. The van der Waals surface area contributed by atoms with Crippen LogP contribution in [-0.2, 0) is 0 Å². The fraction of sp³-hybridized carbons (Fsp3) is 0.500. The maximum Gasteiger partial charge on any atom is 0.213 e. The van der Waals surface area contributed by atoms with Gasteiger partial charge in [-0.3, -0.25) is 0 Å². The van der Waals surface area contributed by atoms with Gasteiger partial charge < -0.3 is 20.1 Å². The molecular formula is C18H23N3O2. The normalized spacial score (nSPS) is 22.1. The van der Waals surface area contributed by atoms with Gasteiger partial charge in [-0.2, -0.15) is 0 Å². The Labute approximate surface area is 136 Å². The molecule has 1 fully saturated rings. The fourth-order valence-electron chi connectivity index (χ4n) is 3.67. The summed E-state index contributed by atoms with van der Waals surface area (Å²) in [7, 11) is 1.66. The van der Waals surface area contributed by atoms with Crippen molar-refractivity contribution >= 4 is 10.9 Å². The Morgan fingerprint density at radius 3 is 2.83 bits per heavy atom. The molecule has 5 heteroatoms. The Bertz CT molecular complexity index is 711. The number of fused-ring (bicyclic) bond motifs is 3. The molecule has 2 aliphatic rings. The van der Waals surface area contributed by atoms with Gasteiger partial charge in [0.2, 0.25) is 5.88 Å². The van der Waals surface area contributed by atoms with E-state index in [4.69, 9.17) is 15.2 Å². The molecule has 1 unspecified atom stereocenters. The Kier molecular flexibility index (Phi) is 3.83. The van der Waals surface area contributed by atoms with Crippen molar-refractivity contribution in [1.82, 2.24) is 9.88 Å². The first-order chi connectivity index (χ1) is 11.2. The second-order valence-electron chi connectivity index (χ2n) is 6.55. The number of ether oxygens (including phenoxy) is 2. The van der Waals surface area contributed by atoms with E-state index in [0.29, 0.717) is 17.8 Å². The average Bonchev–Trinajstić information content (AvgIpc) is 3.00. The smallest absolute Gasteiger partial charge is 0.213 e. The second-order valence-corrected chi connectivity index (χ2v) is 6.55. The van der Waals surface area contributed by atoms with Crippen LogP contribution in [0.15, 0.2) is 24.3 Å². The molecule has 0 spiro atoms. The molecule has 122 valence electrons. The minimum absolute atomic E-state index is 0.364. The third-order valence-electron chi connectivity index (χ3n) is 5.00. The molecule has 23 heavy (non-hydrogen) atoms. The highest BCUT2D eigenvalue weighted by atomic mass is 16.5. The number of hydrogen-bond donors (Lipinski definition) is 1. The number of nitrogens with two attached hydrogens (primary N) is 1. The summed E-state index contributed by atoms with van der Waals surface area (Å²) in [6.45, 7) is 3.90. The predicted molar refractivity (Wildman–Crippen MR) is 90.2 cm³/mol. The minimum atomic E-state index is 0.364. The van der Waals surface area contributed by atoms with Gasteiger partial charge in [-0.15, -0.1) is 0 Å². The second kappa shape index (κ2) is 5.98. The first-order valence-electron chi connectivity index (χ1n) is 8.33.